The Balaban J connectivity index is 1.69. The molecule has 1 N–H and O–H groups in total. The highest BCUT2D eigenvalue weighted by atomic mass is 19.4. The second kappa shape index (κ2) is 7.08. The van der Waals surface area contributed by atoms with Crippen molar-refractivity contribution < 1.29 is 18.0 Å². The third-order valence-corrected chi connectivity index (χ3v) is 4.01. The molecule has 2 heterocycles. The topological polar surface area (TPSA) is 58.1 Å². The average molecular weight is 350 g/mol. The molecule has 5 nitrogen and oxygen atoms in total. The Morgan fingerprint density at radius 3 is 2.44 bits per heavy atom. The molecule has 1 fully saturated rings. The SMILES string of the molecule is O=C(Nc1cccc(C(F)(F)F)c1)c1ccc(N2CCCCC2)nn1. The average Bonchev–Trinajstić information content (AvgIpc) is 2.62. The highest BCUT2D eigenvalue weighted by Crippen LogP contribution is 2.30. The fraction of sp³-hybridized carbons (Fsp3) is 0.353. The van der Waals surface area contributed by atoms with E-state index in [1.807, 2.05) is 0 Å². The lowest BCUT2D eigenvalue weighted by Gasteiger charge is -2.27. The summed E-state index contributed by atoms with van der Waals surface area (Å²) < 4.78 is 38.1. The van der Waals surface area contributed by atoms with Crippen LogP contribution in [0.1, 0.15) is 35.3 Å². The number of halogens is 3. The number of piperidine rings is 1. The van der Waals surface area contributed by atoms with Crippen LogP contribution in [-0.2, 0) is 6.18 Å². The molecule has 1 aliphatic heterocycles. The van der Waals surface area contributed by atoms with E-state index in [-0.39, 0.29) is 11.4 Å². The molecule has 1 saturated heterocycles. The van der Waals surface area contributed by atoms with E-state index >= 15 is 0 Å². The Labute approximate surface area is 142 Å². The standard InChI is InChI=1S/C17H17F3N4O/c18-17(19,20)12-5-4-6-13(11-12)21-16(25)14-7-8-15(23-22-14)24-9-2-1-3-10-24/h4-8,11H,1-3,9-10H2,(H,21,25). The van der Waals surface area contributed by atoms with Crippen LogP contribution < -0.4 is 10.2 Å². The largest absolute Gasteiger partial charge is 0.416 e. The number of anilines is 2. The van der Waals surface area contributed by atoms with Gasteiger partial charge in [-0.05, 0) is 49.6 Å². The molecule has 3 rings (SSSR count). The van der Waals surface area contributed by atoms with Crippen molar-refractivity contribution >= 4 is 17.4 Å². The van der Waals surface area contributed by atoms with E-state index in [9.17, 15) is 18.0 Å². The van der Waals surface area contributed by atoms with Crippen LogP contribution in [0.5, 0.6) is 0 Å². The van der Waals surface area contributed by atoms with E-state index in [1.165, 1.54) is 24.6 Å². The molecule has 1 aromatic carbocycles. The van der Waals surface area contributed by atoms with Gasteiger partial charge in [0, 0.05) is 18.8 Å². The number of carbonyl (C=O) groups excluding carboxylic acids is 1. The Hall–Kier alpha value is -2.64. The Morgan fingerprint density at radius 1 is 1.04 bits per heavy atom. The number of hydrogen-bond acceptors (Lipinski definition) is 4. The van der Waals surface area contributed by atoms with Gasteiger partial charge in [0.25, 0.3) is 5.91 Å². The zero-order valence-corrected chi connectivity index (χ0v) is 13.4. The summed E-state index contributed by atoms with van der Waals surface area (Å²) >= 11 is 0. The highest BCUT2D eigenvalue weighted by molar-refractivity contribution is 6.02. The van der Waals surface area contributed by atoms with Crippen LogP contribution in [0.4, 0.5) is 24.7 Å². The zero-order valence-electron chi connectivity index (χ0n) is 13.4. The van der Waals surface area contributed by atoms with Gasteiger partial charge in [-0.1, -0.05) is 6.07 Å². The molecule has 1 aromatic heterocycles. The lowest BCUT2D eigenvalue weighted by atomic mass is 10.1. The van der Waals surface area contributed by atoms with Gasteiger partial charge in [-0.3, -0.25) is 4.79 Å². The van der Waals surface area contributed by atoms with E-state index in [0.29, 0.717) is 5.82 Å². The first-order valence-electron chi connectivity index (χ1n) is 8.01. The third kappa shape index (κ3) is 4.26. The quantitative estimate of drug-likeness (QED) is 0.916. The monoisotopic (exact) mass is 350 g/mol. The molecule has 25 heavy (non-hydrogen) atoms. The predicted molar refractivity (Wildman–Crippen MR) is 87.5 cm³/mol. The Morgan fingerprint density at radius 2 is 1.80 bits per heavy atom. The van der Waals surface area contributed by atoms with Gasteiger partial charge in [0.2, 0.25) is 0 Å². The van der Waals surface area contributed by atoms with Crippen LogP contribution in [0, 0.1) is 0 Å². The third-order valence-electron chi connectivity index (χ3n) is 4.01. The predicted octanol–water partition coefficient (Wildman–Crippen LogP) is 3.74. The Kier molecular flexibility index (Phi) is 4.87. The van der Waals surface area contributed by atoms with Crippen molar-refractivity contribution in [2.45, 2.75) is 25.4 Å². The summed E-state index contributed by atoms with van der Waals surface area (Å²) in [6.07, 6.45) is -1.07. The number of hydrogen-bond donors (Lipinski definition) is 1. The summed E-state index contributed by atoms with van der Waals surface area (Å²) in [6.45, 7) is 1.81. The number of aromatic nitrogens is 2. The van der Waals surface area contributed by atoms with Gasteiger partial charge in [0.05, 0.1) is 5.56 Å². The lowest BCUT2D eigenvalue weighted by molar-refractivity contribution is -0.137. The number of alkyl halides is 3. The molecule has 0 bridgehead atoms. The summed E-state index contributed by atoms with van der Waals surface area (Å²) in [5.41, 5.74) is -0.711. The maximum absolute atomic E-state index is 12.7. The first-order chi connectivity index (χ1) is 11.9. The van der Waals surface area contributed by atoms with E-state index in [4.69, 9.17) is 0 Å². The van der Waals surface area contributed by atoms with Gasteiger partial charge in [-0.15, -0.1) is 10.2 Å². The van der Waals surface area contributed by atoms with Crippen LogP contribution in [0.2, 0.25) is 0 Å². The van der Waals surface area contributed by atoms with Crippen LogP contribution in [0.15, 0.2) is 36.4 Å². The van der Waals surface area contributed by atoms with Crippen LogP contribution in [-0.4, -0.2) is 29.2 Å². The molecule has 2 aromatic rings. The minimum atomic E-state index is -4.46. The van der Waals surface area contributed by atoms with Crippen LogP contribution >= 0.6 is 0 Å². The molecule has 1 amide bonds. The molecule has 1 aliphatic rings. The van der Waals surface area contributed by atoms with Crippen molar-refractivity contribution in [3.05, 3.63) is 47.7 Å². The van der Waals surface area contributed by atoms with Gasteiger partial charge < -0.3 is 10.2 Å². The summed E-state index contributed by atoms with van der Waals surface area (Å²) in [6, 6.07) is 7.70. The van der Waals surface area contributed by atoms with E-state index in [1.54, 1.807) is 6.07 Å². The summed E-state index contributed by atoms with van der Waals surface area (Å²) in [5.74, 6) is 0.104. The first kappa shape index (κ1) is 17.2. The molecule has 132 valence electrons. The van der Waals surface area contributed by atoms with Crippen molar-refractivity contribution in [1.29, 1.82) is 0 Å². The van der Waals surface area contributed by atoms with Gasteiger partial charge in [0.1, 0.15) is 0 Å². The minimum absolute atomic E-state index is 0.0539. The van der Waals surface area contributed by atoms with Crippen molar-refractivity contribution in [3.63, 3.8) is 0 Å². The van der Waals surface area contributed by atoms with Crippen molar-refractivity contribution in [3.8, 4) is 0 Å². The van der Waals surface area contributed by atoms with Crippen molar-refractivity contribution in [2.75, 3.05) is 23.3 Å². The molecule has 0 aliphatic carbocycles. The molecular formula is C17H17F3N4O. The van der Waals surface area contributed by atoms with Crippen molar-refractivity contribution in [1.82, 2.24) is 10.2 Å². The molecule has 0 atom stereocenters. The number of rotatable bonds is 3. The smallest absolute Gasteiger partial charge is 0.355 e. The molecule has 0 unspecified atom stereocenters. The number of nitrogens with zero attached hydrogens (tertiary/aromatic N) is 3. The maximum Gasteiger partial charge on any atom is 0.416 e. The Bertz CT molecular complexity index is 740. The number of nitrogens with one attached hydrogen (secondary N) is 1. The second-order valence-corrected chi connectivity index (χ2v) is 5.86. The lowest BCUT2D eigenvalue weighted by Crippen LogP contribution is -2.30. The van der Waals surface area contributed by atoms with Gasteiger partial charge >= 0.3 is 6.18 Å². The van der Waals surface area contributed by atoms with Gasteiger partial charge in [-0.25, -0.2) is 0 Å². The summed E-state index contributed by atoms with van der Waals surface area (Å²) in [7, 11) is 0. The summed E-state index contributed by atoms with van der Waals surface area (Å²) in [5, 5.41) is 10.4. The second-order valence-electron chi connectivity index (χ2n) is 5.86. The fourth-order valence-electron chi connectivity index (χ4n) is 2.71. The number of amides is 1. The maximum atomic E-state index is 12.7. The normalized spacial score (nSPS) is 15.1. The van der Waals surface area contributed by atoms with Gasteiger partial charge in [0.15, 0.2) is 11.5 Å². The zero-order chi connectivity index (χ0) is 17.9. The first-order valence-corrected chi connectivity index (χ1v) is 8.01. The molecule has 0 saturated carbocycles. The van der Waals surface area contributed by atoms with E-state index < -0.39 is 17.6 Å². The van der Waals surface area contributed by atoms with Crippen LogP contribution in [0.3, 0.4) is 0 Å². The molecule has 8 heteroatoms. The highest BCUT2D eigenvalue weighted by Gasteiger charge is 2.30. The number of carbonyl (C=O) groups is 1. The molecule has 0 spiro atoms. The summed E-state index contributed by atoms with van der Waals surface area (Å²) in [4.78, 5) is 14.3. The molecular weight excluding hydrogens is 333 g/mol. The molecule has 0 radical (unpaired) electrons. The van der Waals surface area contributed by atoms with E-state index in [0.717, 1.165) is 38.1 Å². The van der Waals surface area contributed by atoms with Crippen LogP contribution in [0.25, 0.3) is 0 Å². The fourth-order valence-corrected chi connectivity index (χ4v) is 2.71. The van der Waals surface area contributed by atoms with E-state index in [2.05, 4.69) is 20.4 Å². The number of benzene rings is 1. The van der Waals surface area contributed by atoms with Gasteiger partial charge in [-0.2, -0.15) is 13.2 Å². The van der Waals surface area contributed by atoms with Crippen molar-refractivity contribution in [2.24, 2.45) is 0 Å². The minimum Gasteiger partial charge on any atom is -0.355 e.